The van der Waals surface area contributed by atoms with Crippen molar-refractivity contribution in [1.29, 1.82) is 0 Å². The summed E-state index contributed by atoms with van der Waals surface area (Å²) < 4.78 is 22.2. The first-order valence-electron chi connectivity index (χ1n) is 21.5. The molecule has 1 aromatic heterocycles. The Morgan fingerprint density at radius 3 is 2.23 bits per heavy atom. The molecule has 344 valence electrons. The zero-order valence-electron chi connectivity index (χ0n) is 36.7. The number of thiazole rings is 1. The summed E-state index contributed by atoms with van der Waals surface area (Å²) in [4.78, 5) is 98.2. The Morgan fingerprint density at radius 1 is 0.891 bits per heavy atom. The van der Waals surface area contributed by atoms with Gasteiger partial charge in [-0.25, -0.2) is 4.98 Å². The van der Waals surface area contributed by atoms with Gasteiger partial charge in [0.25, 0.3) is 11.8 Å². The molecule has 2 unspecified atom stereocenters. The van der Waals surface area contributed by atoms with E-state index in [9.17, 15) is 33.6 Å². The number of likely N-dealkylation sites (tertiary alicyclic amines) is 1. The van der Waals surface area contributed by atoms with Gasteiger partial charge >= 0.3 is 0 Å². The number of carbonyl (C=O) groups is 7. The van der Waals surface area contributed by atoms with Gasteiger partial charge in [-0.3, -0.25) is 43.8 Å². The van der Waals surface area contributed by atoms with Gasteiger partial charge in [-0.15, -0.1) is 11.3 Å². The molecule has 2 aromatic carbocycles. The molecule has 4 N–H and O–H groups in total. The number of benzene rings is 2. The molecule has 4 heterocycles. The number of rotatable bonds is 22. The first kappa shape index (κ1) is 47.9. The van der Waals surface area contributed by atoms with E-state index < -0.39 is 53.1 Å². The standard InChI is InChI=1S/C45H57N7O11S/c1-28-38(64-27-48-28)30-12-10-29(11-13-30)25-47-40(55)33-9-6-17-51(33)44(59)39(45(2,3)4)49-36(54)26-63-24-23-62-22-21-61-20-19-60-18-16-46-32-8-5-7-31-37(32)43(58)52(42(31)57)34-14-15-35(53)50-41(34)56/h5,7-8,10-13,27,33-34,39,46H,6,9,14-26H2,1-4H3,(H,47,55)(H,49,54)(H,50,53,56)/t33?,34?,39-/m1/s1. The second-order valence-corrected chi connectivity index (χ2v) is 17.6. The molecule has 0 spiro atoms. The van der Waals surface area contributed by atoms with Crippen LogP contribution in [0.25, 0.3) is 10.4 Å². The van der Waals surface area contributed by atoms with Gasteiger partial charge in [0, 0.05) is 31.7 Å². The van der Waals surface area contributed by atoms with Crippen molar-refractivity contribution in [3.05, 3.63) is 70.4 Å². The van der Waals surface area contributed by atoms with Crippen molar-refractivity contribution in [2.24, 2.45) is 5.41 Å². The lowest BCUT2D eigenvalue weighted by Crippen LogP contribution is -2.58. The zero-order chi connectivity index (χ0) is 45.8. The first-order valence-corrected chi connectivity index (χ1v) is 22.4. The van der Waals surface area contributed by atoms with Gasteiger partial charge in [0.1, 0.15) is 24.7 Å². The van der Waals surface area contributed by atoms with Gasteiger partial charge < -0.3 is 39.8 Å². The summed E-state index contributed by atoms with van der Waals surface area (Å²) in [6.45, 7) is 10.3. The summed E-state index contributed by atoms with van der Waals surface area (Å²) in [5.41, 5.74) is 5.01. The molecule has 3 aromatic rings. The molecule has 18 nitrogen and oxygen atoms in total. The Balaban J connectivity index is 0.809. The van der Waals surface area contributed by atoms with Crippen molar-refractivity contribution in [3.63, 3.8) is 0 Å². The number of aromatic nitrogens is 1. The summed E-state index contributed by atoms with van der Waals surface area (Å²) >= 11 is 1.58. The van der Waals surface area contributed by atoms with Crippen LogP contribution in [-0.2, 0) is 49.5 Å². The highest BCUT2D eigenvalue weighted by Crippen LogP contribution is 2.33. The molecule has 2 fully saturated rings. The average Bonchev–Trinajstić information content (AvgIpc) is 4.00. The lowest BCUT2D eigenvalue weighted by molar-refractivity contribution is -0.144. The van der Waals surface area contributed by atoms with Crippen LogP contribution in [-0.4, -0.2) is 140 Å². The number of carbonyl (C=O) groups excluding carboxylic acids is 7. The smallest absolute Gasteiger partial charge is 0.264 e. The van der Waals surface area contributed by atoms with Crippen LogP contribution in [0, 0.1) is 12.3 Å². The second-order valence-electron chi connectivity index (χ2n) is 16.7. The summed E-state index contributed by atoms with van der Waals surface area (Å²) in [6, 6.07) is 10.3. The molecular weight excluding hydrogens is 847 g/mol. The molecule has 0 aliphatic carbocycles. The number of ether oxygens (including phenoxy) is 4. The third-order valence-electron chi connectivity index (χ3n) is 11.1. The van der Waals surface area contributed by atoms with Crippen LogP contribution in [0.2, 0.25) is 0 Å². The van der Waals surface area contributed by atoms with E-state index in [0.717, 1.165) is 26.6 Å². The quantitative estimate of drug-likeness (QED) is 0.0843. The molecule has 3 aliphatic heterocycles. The molecule has 0 saturated carbocycles. The molecule has 3 atom stereocenters. The minimum absolute atomic E-state index is 0.0457. The lowest BCUT2D eigenvalue weighted by atomic mass is 9.85. The number of nitrogens with zero attached hydrogens (tertiary/aromatic N) is 3. The van der Waals surface area contributed by atoms with Crippen LogP contribution in [0.1, 0.15) is 78.4 Å². The van der Waals surface area contributed by atoms with Gasteiger partial charge in [-0.2, -0.15) is 0 Å². The fraction of sp³-hybridized carbons (Fsp3) is 0.511. The third kappa shape index (κ3) is 12.1. The fourth-order valence-electron chi connectivity index (χ4n) is 7.72. The predicted octanol–water partition coefficient (Wildman–Crippen LogP) is 2.84. The van der Waals surface area contributed by atoms with Crippen molar-refractivity contribution >= 4 is 58.4 Å². The minimum Gasteiger partial charge on any atom is -0.382 e. The normalized spacial score (nSPS) is 17.9. The Labute approximate surface area is 376 Å². The average molecular weight is 904 g/mol. The molecule has 19 heteroatoms. The molecule has 3 aliphatic rings. The molecule has 0 radical (unpaired) electrons. The van der Waals surface area contributed by atoms with Gasteiger partial charge in [-0.05, 0) is 54.9 Å². The van der Waals surface area contributed by atoms with Crippen molar-refractivity contribution in [1.82, 2.24) is 30.7 Å². The SMILES string of the molecule is Cc1ncsc1-c1ccc(CNC(=O)C2CCCN2C(=O)[C@@H](NC(=O)COCCOCCOCCOCCNc2cccc3c2C(=O)N(C2CCC(=O)NC2=O)C3=O)C(C)(C)C)cc1. The summed E-state index contributed by atoms with van der Waals surface area (Å²) in [5.74, 6) is -3.23. The molecule has 2 saturated heterocycles. The number of imide groups is 2. The van der Waals surface area contributed by atoms with Crippen LogP contribution in [0.3, 0.4) is 0 Å². The van der Waals surface area contributed by atoms with E-state index in [2.05, 4.69) is 26.3 Å². The monoisotopic (exact) mass is 903 g/mol. The number of piperidine rings is 1. The Kier molecular flexibility index (Phi) is 16.7. The maximum atomic E-state index is 13.9. The first-order chi connectivity index (χ1) is 30.7. The van der Waals surface area contributed by atoms with Crippen molar-refractivity contribution in [3.8, 4) is 10.4 Å². The zero-order valence-corrected chi connectivity index (χ0v) is 37.5. The van der Waals surface area contributed by atoms with Gasteiger partial charge in [0.15, 0.2) is 0 Å². The number of aryl methyl sites for hydroxylation is 1. The van der Waals surface area contributed by atoms with Crippen molar-refractivity contribution in [2.75, 3.05) is 71.3 Å². The number of amides is 7. The van der Waals surface area contributed by atoms with Gasteiger partial charge in [0.2, 0.25) is 29.5 Å². The molecule has 7 amide bonds. The van der Waals surface area contributed by atoms with Crippen molar-refractivity contribution in [2.45, 2.75) is 78.0 Å². The van der Waals surface area contributed by atoms with E-state index in [-0.39, 0.29) is 55.6 Å². The second kappa shape index (κ2) is 22.3. The Hall–Kier alpha value is -5.60. The number of nitrogens with one attached hydrogen (secondary N) is 4. The molecular formula is C45H57N7O11S. The predicted molar refractivity (Wildman–Crippen MR) is 235 cm³/mol. The van der Waals surface area contributed by atoms with Crippen LogP contribution < -0.4 is 21.3 Å². The lowest BCUT2D eigenvalue weighted by Gasteiger charge is -2.35. The van der Waals surface area contributed by atoms with E-state index >= 15 is 0 Å². The van der Waals surface area contributed by atoms with Crippen LogP contribution >= 0.6 is 11.3 Å². The Bertz CT molecular complexity index is 2170. The molecule has 0 bridgehead atoms. The summed E-state index contributed by atoms with van der Waals surface area (Å²) in [6.07, 6.45) is 1.35. The van der Waals surface area contributed by atoms with Crippen molar-refractivity contribution < 1.29 is 52.5 Å². The van der Waals surface area contributed by atoms with E-state index in [4.69, 9.17) is 18.9 Å². The highest BCUT2D eigenvalue weighted by molar-refractivity contribution is 7.13. The largest absolute Gasteiger partial charge is 0.382 e. The minimum atomic E-state index is -1.04. The number of anilines is 1. The summed E-state index contributed by atoms with van der Waals surface area (Å²) in [5, 5.41) is 11.1. The third-order valence-corrected chi connectivity index (χ3v) is 12.0. The van der Waals surface area contributed by atoms with E-state index in [1.807, 2.05) is 57.5 Å². The fourth-order valence-corrected chi connectivity index (χ4v) is 8.54. The maximum Gasteiger partial charge on any atom is 0.264 e. The number of fused-ring (bicyclic) bond motifs is 1. The number of hydrogen-bond donors (Lipinski definition) is 4. The number of hydrogen-bond acceptors (Lipinski definition) is 14. The topological polar surface area (TPSA) is 224 Å². The van der Waals surface area contributed by atoms with E-state index in [1.54, 1.807) is 28.4 Å². The summed E-state index contributed by atoms with van der Waals surface area (Å²) in [7, 11) is 0. The molecule has 6 rings (SSSR count). The van der Waals surface area contributed by atoms with Crippen LogP contribution in [0.4, 0.5) is 5.69 Å². The van der Waals surface area contributed by atoms with Crippen LogP contribution in [0.5, 0.6) is 0 Å². The van der Waals surface area contributed by atoms with Crippen LogP contribution in [0.15, 0.2) is 48.0 Å². The van der Waals surface area contributed by atoms with Gasteiger partial charge in [0.05, 0.1) is 73.5 Å². The molecule has 64 heavy (non-hydrogen) atoms. The van der Waals surface area contributed by atoms with E-state index in [0.29, 0.717) is 71.2 Å². The highest BCUT2D eigenvalue weighted by atomic mass is 32.1. The maximum absolute atomic E-state index is 13.9. The Morgan fingerprint density at radius 2 is 1.58 bits per heavy atom. The van der Waals surface area contributed by atoms with E-state index in [1.165, 1.54) is 6.07 Å². The van der Waals surface area contributed by atoms with Gasteiger partial charge in [-0.1, -0.05) is 51.1 Å². The highest BCUT2D eigenvalue weighted by Gasteiger charge is 2.46.